The topological polar surface area (TPSA) is 66.0 Å². The first-order valence-electron chi connectivity index (χ1n) is 6.66. The average Bonchev–Trinajstić information content (AvgIpc) is 2.85. The third kappa shape index (κ3) is 3.49. The molecule has 108 valence electrons. The van der Waals surface area contributed by atoms with Crippen LogP contribution < -0.4 is 10.5 Å². The van der Waals surface area contributed by atoms with Gasteiger partial charge in [0.2, 0.25) is 0 Å². The van der Waals surface area contributed by atoms with Crippen LogP contribution in [0.2, 0.25) is 5.02 Å². The number of hydrogen-bond donors (Lipinski definition) is 1. The van der Waals surface area contributed by atoms with Gasteiger partial charge in [0.15, 0.2) is 5.82 Å². The molecule has 1 atom stereocenters. The maximum atomic E-state index is 6.19. The van der Waals surface area contributed by atoms with Gasteiger partial charge in [0.25, 0.3) is 0 Å². The van der Waals surface area contributed by atoms with Crippen molar-refractivity contribution in [2.24, 2.45) is 5.73 Å². The highest BCUT2D eigenvalue weighted by Crippen LogP contribution is 2.27. The molecule has 2 rings (SSSR count). The van der Waals surface area contributed by atoms with E-state index in [0.29, 0.717) is 17.4 Å². The molecule has 2 aromatic rings. The van der Waals surface area contributed by atoms with Gasteiger partial charge in [0.05, 0.1) is 5.02 Å². The van der Waals surface area contributed by atoms with Crippen LogP contribution in [0.4, 0.5) is 0 Å². The number of halogens is 1. The maximum Gasteiger partial charge on any atom is 0.164 e. The first-order valence-corrected chi connectivity index (χ1v) is 7.04. The summed E-state index contributed by atoms with van der Waals surface area (Å²) in [6.07, 6.45) is 2.54. The number of rotatable bonds is 6. The summed E-state index contributed by atoms with van der Waals surface area (Å²) in [5.74, 6) is 1.42. The van der Waals surface area contributed by atoms with Crippen molar-refractivity contribution in [2.45, 2.75) is 39.5 Å². The number of nitrogens with zero attached hydrogens (tertiary/aromatic N) is 3. The first-order chi connectivity index (χ1) is 9.61. The fourth-order valence-corrected chi connectivity index (χ4v) is 2.10. The zero-order valence-electron chi connectivity index (χ0n) is 11.7. The summed E-state index contributed by atoms with van der Waals surface area (Å²) in [5, 5.41) is 4.71. The van der Waals surface area contributed by atoms with Gasteiger partial charge in [-0.05, 0) is 31.0 Å². The molecule has 0 aliphatic carbocycles. The molecule has 20 heavy (non-hydrogen) atoms. The normalized spacial score (nSPS) is 12.4. The Bertz CT molecular complexity index is 568. The van der Waals surface area contributed by atoms with Gasteiger partial charge in [-0.2, -0.15) is 5.10 Å². The molecule has 1 aromatic heterocycles. The van der Waals surface area contributed by atoms with Crippen molar-refractivity contribution in [1.29, 1.82) is 0 Å². The van der Waals surface area contributed by atoms with Crippen molar-refractivity contribution in [1.82, 2.24) is 14.8 Å². The van der Waals surface area contributed by atoms with Crippen molar-refractivity contribution < 1.29 is 4.74 Å². The molecule has 0 amide bonds. The van der Waals surface area contributed by atoms with E-state index in [1.54, 1.807) is 0 Å². The molecule has 0 saturated carbocycles. The SMILES string of the molecule is CCCn1ncnc1COc1ccc([C@H](C)N)cc1Cl. The molecule has 0 fully saturated rings. The number of aromatic nitrogens is 3. The van der Waals surface area contributed by atoms with Gasteiger partial charge in [-0.3, -0.25) is 0 Å². The van der Waals surface area contributed by atoms with Crippen LogP contribution in [0.1, 0.15) is 37.7 Å². The third-order valence-electron chi connectivity index (χ3n) is 2.97. The summed E-state index contributed by atoms with van der Waals surface area (Å²) >= 11 is 6.19. The Morgan fingerprint density at radius 2 is 2.25 bits per heavy atom. The molecule has 0 aliphatic heterocycles. The molecule has 0 spiro atoms. The predicted molar refractivity (Wildman–Crippen MR) is 78.7 cm³/mol. The van der Waals surface area contributed by atoms with E-state index in [1.165, 1.54) is 6.33 Å². The summed E-state index contributed by atoms with van der Waals surface area (Å²) in [4.78, 5) is 4.19. The number of benzene rings is 1. The van der Waals surface area contributed by atoms with Gasteiger partial charge < -0.3 is 10.5 Å². The molecule has 1 aromatic carbocycles. The lowest BCUT2D eigenvalue weighted by molar-refractivity contribution is 0.286. The average molecular weight is 295 g/mol. The molecular formula is C14H19ClN4O. The second-order valence-electron chi connectivity index (χ2n) is 4.67. The van der Waals surface area contributed by atoms with E-state index in [0.717, 1.165) is 24.4 Å². The Morgan fingerprint density at radius 1 is 1.45 bits per heavy atom. The van der Waals surface area contributed by atoms with E-state index in [2.05, 4.69) is 17.0 Å². The van der Waals surface area contributed by atoms with Crippen LogP contribution in [0, 0.1) is 0 Å². The van der Waals surface area contributed by atoms with Gasteiger partial charge in [-0.1, -0.05) is 24.6 Å². The van der Waals surface area contributed by atoms with Crippen molar-refractivity contribution in [3.63, 3.8) is 0 Å². The summed E-state index contributed by atoms with van der Waals surface area (Å²) in [6, 6.07) is 5.54. The van der Waals surface area contributed by atoms with Crippen LogP contribution in [0.25, 0.3) is 0 Å². The molecule has 6 heteroatoms. The lowest BCUT2D eigenvalue weighted by atomic mass is 10.1. The van der Waals surface area contributed by atoms with Gasteiger partial charge >= 0.3 is 0 Å². The number of nitrogens with two attached hydrogens (primary N) is 1. The Kier molecular flexibility index (Phi) is 4.98. The van der Waals surface area contributed by atoms with Gasteiger partial charge in [0, 0.05) is 12.6 Å². The molecule has 0 saturated heterocycles. The van der Waals surface area contributed by atoms with Crippen molar-refractivity contribution in [3.8, 4) is 5.75 Å². The monoisotopic (exact) mass is 294 g/mol. The Hall–Kier alpha value is -1.59. The van der Waals surface area contributed by atoms with Crippen LogP contribution in [0.3, 0.4) is 0 Å². The van der Waals surface area contributed by atoms with Crippen molar-refractivity contribution in [2.75, 3.05) is 0 Å². The van der Waals surface area contributed by atoms with Crippen molar-refractivity contribution in [3.05, 3.63) is 40.9 Å². The summed E-state index contributed by atoms with van der Waals surface area (Å²) < 4.78 is 7.54. The molecule has 0 radical (unpaired) electrons. The number of ether oxygens (including phenoxy) is 1. The van der Waals surface area contributed by atoms with E-state index in [9.17, 15) is 0 Å². The highest BCUT2D eigenvalue weighted by atomic mass is 35.5. The predicted octanol–water partition coefficient (Wildman–Crippen LogP) is 2.94. The highest BCUT2D eigenvalue weighted by molar-refractivity contribution is 6.32. The minimum absolute atomic E-state index is 0.0470. The fraction of sp³-hybridized carbons (Fsp3) is 0.429. The lowest BCUT2D eigenvalue weighted by Crippen LogP contribution is -2.09. The Labute approximate surface area is 123 Å². The molecule has 1 heterocycles. The second kappa shape index (κ2) is 6.72. The van der Waals surface area contributed by atoms with E-state index >= 15 is 0 Å². The summed E-state index contributed by atoms with van der Waals surface area (Å²) in [7, 11) is 0. The molecule has 0 unspecified atom stereocenters. The van der Waals surface area contributed by atoms with Gasteiger partial charge in [-0.25, -0.2) is 9.67 Å². The molecule has 2 N–H and O–H groups in total. The Morgan fingerprint density at radius 3 is 2.90 bits per heavy atom. The van der Waals surface area contributed by atoms with E-state index in [-0.39, 0.29) is 6.04 Å². The van der Waals surface area contributed by atoms with E-state index in [1.807, 2.05) is 29.8 Å². The zero-order chi connectivity index (χ0) is 14.5. The smallest absolute Gasteiger partial charge is 0.164 e. The van der Waals surface area contributed by atoms with Crippen LogP contribution in [-0.4, -0.2) is 14.8 Å². The number of aryl methyl sites for hydroxylation is 1. The summed E-state index contributed by atoms with van der Waals surface area (Å²) in [6.45, 7) is 5.18. The quantitative estimate of drug-likeness (QED) is 0.889. The number of hydrogen-bond acceptors (Lipinski definition) is 4. The molecule has 5 nitrogen and oxygen atoms in total. The van der Waals surface area contributed by atoms with Crippen molar-refractivity contribution >= 4 is 11.6 Å². The van der Waals surface area contributed by atoms with E-state index < -0.39 is 0 Å². The largest absolute Gasteiger partial charge is 0.484 e. The highest BCUT2D eigenvalue weighted by Gasteiger charge is 2.08. The second-order valence-corrected chi connectivity index (χ2v) is 5.07. The van der Waals surface area contributed by atoms with E-state index in [4.69, 9.17) is 22.1 Å². The van der Waals surface area contributed by atoms with Crippen LogP contribution in [0.5, 0.6) is 5.75 Å². The van der Waals surface area contributed by atoms with Gasteiger partial charge in [-0.15, -0.1) is 0 Å². The standard InChI is InChI=1S/C14H19ClN4O/c1-3-6-19-14(17-9-18-19)8-20-13-5-4-11(10(2)16)7-12(13)15/h4-5,7,9-10H,3,6,8,16H2,1-2H3/t10-/m0/s1. The molecular weight excluding hydrogens is 276 g/mol. The molecule has 0 bridgehead atoms. The minimum atomic E-state index is -0.0470. The summed E-state index contributed by atoms with van der Waals surface area (Å²) in [5.41, 5.74) is 6.80. The maximum absolute atomic E-state index is 6.19. The van der Waals surface area contributed by atoms with Crippen LogP contribution >= 0.6 is 11.6 Å². The van der Waals surface area contributed by atoms with Crippen LogP contribution in [0.15, 0.2) is 24.5 Å². The zero-order valence-corrected chi connectivity index (χ0v) is 12.5. The lowest BCUT2D eigenvalue weighted by Gasteiger charge is -2.11. The molecule has 0 aliphatic rings. The minimum Gasteiger partial charge on any atom is -0.484 e. The van der Waals surface area contributed by atoms with Gasteiger partial charge in [0.1, 0.15) is 18.7 Å². The fourth-order valence-electron chi connectivity index (χ4n) is 1.86. The first kappa shape index (κ1) is 14.8. The Balaban J connectivity index is 2.05. The third-order valence-corrected chi connectivity index (χ3v) is 3.26. The van der Waals surface area contributed by atoms with Crippen LogP contribution in [-0.2, 0) is 13.2 Å².